The van der Waals surface area contributed by atoms with Crippen LogP contribution in [0.3, 0.4) is 0 Å². The van der Waals surface area contributed by atoms with Crippen LogP contribution in [-0.4, -0.2) is 23.2 Å². The number of fused-ring (bicyclic) bond motifs is 1. The van der Waals surface area contributed by atoms with Gasteiger partial charge in [-0.2, -0.15) is 0 Å². The van der Waals surface area contributed by atoms with Gasteiger partial charge in [0.1, 0.15) is 17.8 Å². The molecule has 0 saturated carbocycles. The largest absolute Gasteiger partial charge is 0.506 e. The van der Waals surface area contributed by atoms with Gasteiger partial charge in [0.15, 0.2) is 0 Å². The number of quaternary nitrogens is 1. The average Bonchev–Trinajstić information content (AvgIpc) is 2.86. The van der Waals surface area contributed by atoms with Gasteiger partial charge in [-0.25, -0.2) is 0 Å². The van der Waals surface area contributed by atoms with Crippen LogP contribution in [0.15, 0.2) is 30.5 Å². The van der Waals surface area contributed by atoms with Crippen LogP contribution in [0.1, 0.15) is 18.4 Å². The highest BCUT2D eigenvalue weighted by Gasteiger charge is 2.17. The topological polar surface area (TPSA) is 37.6 Å². The average molecular weight is 229 g/mol. The van der Waals surface area contributed by atoms with Crippen molar-refractivity contribution < 1.29 is 10.0 Å². The lowest BCUT2D eigenvalue weighted by atomic mass is 10.1. The van der Waals surface area contributed by atoms with Gasteiger partial charge in [0, 0.05) is 30.0 Å². The van der Waals surface area contributed by atoms with Crippen LogP contribution in [0.5, 0.6) is 5.75 Å². The molecule has 3 heteroatoms. The molecule has 0 atom stereocenters. The number of aromatic hydroxyl groups is 1. The first-order valence-electron chi connectivity index (χ1n) is 6.24. The number of pyridine rings is 1. The molecule has 0 amide bonds. The van der Waals surface area contributed by atoms with Crippen molar-refractivity contribution in [3.05, 3.63) is 36.0 Å². The van der Waals surface area contributed by atoms with E-state index < -0.39 is 0 Å². The van der Waals surface area contributed by atoms with Crippen molar-refractivity contribution in [3.8, 4) is 5.75 Å². The van der Waals surface area contributed by atoms with Crippen molar-refractivity contribution in [2.75, 3.05) is 13.1 Å². The molecule has 0 bridgehead atoms. The molecule has 0 radical (unpaired) electrons. The number of rotatable bonds is 2. The molecule has 1 fully saturated rings. The smallest absolute Gasteiger partial charge is 0.141 e. The fourth-order valence-electron chi connectivity index (χ4n) is 2.69. The van der Waals surface area contributed by atoms with E-state index in [-0.39, 0.29) is 5.75 Å². The first kappa shape index (κ1) is 10.5. The highest BCUT2D eigenvalue weighted by Crippen LogP contribution is 2.24. The number of hydrogen-bond acceptors (Lipinski definition) is 2. The number of likely N-dealkylation sites (tertiary alicyclic amines) is 1. The Morgan fingerprint density at radius 1 is 1.18 bits per heavy atom. The Morgan fingerprint density at radius 2 is 2.00 bits per heavy atom. The number of aromatic nitrogens is 1. The highest BCUT2D eigenvalue weighted by molar-refractivity contribution is 5.86. The van der Waals surface area contributed by atoms with E-state index in [2.05, 4.69) is 4.98 Å². The van der Waals surface area contributed by atoms with Gasteiger partial charge in [0.25, 0.3) is 0 Å². The summed E-state index contributed by atoms with van der Waals surface area (Å²) in [5, 5.41) is 10.9. The van der Waals surface area contributed by atoms with E-state index in [4.69, 9.17) is 0 Å². The molecule has 1 saturated heterocycles. The van der Waals surface area contributed by atoms with Gasteiger partial charge in [0.2, 0.25) is 0 Å². The molecule has 1 aliphatic heterocycles. The molecule has 2 heterocycles. The van der Waals surface area contributed by atoms with Gasteiger partial charge >= 0.3 is 0 Å². The summed E-state index contributed by atoms with van der Waals surface area (Å²) in [7, 11) is 0. The van der Waals surface area contributed by atoms with E-state index >= 15 is 0 Å². The summed E-state index contributed by atoms with van der Waals surface area (Å²) in [6.45, 7) is 3.58. The van der Waals surface area contributed by atoms with Gasteiger partial charge in [-0.15, -0.1) is 0 Å². The molecule has 0 spiro atoms. The second kappa shape index (κ2) is 4.34. The van der Waals surface area contributed by atoms with E-state index in [1.807, 2.05) is 18.2 Å². The molecule has 3 nitrogen and oxygen atoms in total. The predicted octanol–water partition coefficient (Wildman–Crippen LogP) is 1.12. The molecule has 1 aromatic carbocycles. The van der Waals surface area contributed by atoms with E-state index in [0.717, 1.165) is 17.4 Å². The van der Waals surface area contributed by atoms with Gasteiger partial charge in [-0.3, -0.25) is 4.98 Å². The summed E-state index contributed by atoms with van der Waals surface area (Å²) in [6, 6.07) is 7.78. The minimum atomic E-state index is 0.278. The zero-order valence-corrected chi connectivity index (χ0v) is 9.82. The van der Waals surface area contributed by atoms with Gasteiger partial charge < -0.3 is 10.0 Å². The maximum Gasteiger partial charge on any atom is 0.141 e. The third kappa shape index (κ3) is 1.98. The summed E-state index contributed by atoms with van der Waals surface area (Å²) < 4.78 is 0. The fourth-order valence-corrected chi connectivity index (χ4v) is 2.69. The van der Waals surface area contributed by atoms with Gasteiger partial charge in [-0.05, 0) is 18.2 Å². The van der Waals surface area contributed by atoms with Crippen LogP contribution < -0.4 is 4.90 Å². The highest BCUT2D eigenvalue weighted by atomic mass is 16.3. The number of hydrogen-bond donors (Lipinski definition) is 2. The second-order valence-corrected chi connectivity index (χ2v) is 4.78. The maximum absolute atomic E-state index is 9.79. The fraction of sp³-hybridized carbons (Fsp3) is 0.357. The van der Waals surface area contributed by atoms with Gasteiger partial charge in [-0.1, -0.05) is 6.07 Å². The summed E-state index contributed by atoms with van der Waals surface area (Å²) in [6.07, 6.45) is 4.40. The molecule has 0 unspecified atom stereocenters. The maximum atomic E-state index is 9.79. The van der Waals surface area contributed by atoms with Crippen molar-refractivity contribution >= 4 is 10.9 Å². The van der Waals surface area contributed by atoms with Crippen LogP contribution in [0.4, 0.5) is 0 Å². The van der Waals surface area contributed by atoms with Crippen molar-refractivity contribution in [1.29, 1.82) is 0 Å². The first-order chi connectivity index (χ1) is 8.34. The number of benzene rings is 1. The van der Waals surface area contributed by atoms with Crippen LogP contribution in [0.25, 0.3) is 10.9 Å². The second-order valence-electron chi connectivity index (χ2n) is 4.78. The summed E-state index contributed by atoms with van der Waals surface area (Å²) >= 11 is 0. The zero-order valence-electron chi connectivity index (χ0n) is 9.82. The van der Waals surface area contributed by atoms with Crippen molar-refractivity contribution in [2.45, 2.75) is 19.4 Å². The Hall–Kier alpha value is -1.61. The quantitative estimate of drug-likeness (QED) is 0.810. The predicted molar refractivity (Wildman–Crippen MR) is 67.0 cm³/mol. The molecule has 1 aromatic heterocycles. The standard InChI is InChI=1S/C14H16N2O/c17-13-6-5-11(10-16-8-1-2-9-16)12-4-3-7-15-14(12)13/h3-7,17H,1-2,8-10H2/p+1. The van der Waals surface area contributed by atoms with Gasteiger partial charge in [0.05, 0.1) is 13.1 Å². The lowest BCUT2D eigenvalue weighted by Crippen LogP contribution is -3.08. The molecular weight excluding hydrogens is 212 g/mol. The lowest BCUT2D eigenvalue weighted by Gasteiger charge is -2.13. The normalized spacial score (nSPS) is 16.7. The van der Waals surface area contributed by atoms with E-state index in [1.165, 1.54) is 31.5 Å². The molecule has 17 heavy (non-hydrogen) atoms. The minimum absolute atomic E-state index is 0.278. The Bertz CT molecular complexity index is 533. The molecular formula is C14H17N2O+. The SMILES string of the molecule is Oc1ccc(C[NH+]2CCCC2)c2cccnc12. The molecule has 1 aliphatic rings. The summed E-state index contributed by atoms with van der Waals surface area (Å²) in [4.78, 5) is 5.90. The van der Waals surface area contributed by atoms with Crippen molar-refractivity contribution in [1.82, 2.24) is 4.98 Å². The van der Waals surface area contributed by atoms with Crippen LogP contribution in [-0.2, 0) is 6.54 Å². The number of nitrogens with zero attached hydrogens (tertiary/aromatic N) is 1. The molecule has 2 N–H and O–H groups in total. The lowest BCUT2D eigenvalue weighted by molar-refractivity contribution is -0.901. The van der Waals surface area contributed by atoms with E-state index in [9.17, 15) is 5.11 Å². The third-order valence-electron chi connectivity index (χ3n) is 3.59. The number of phenolic OH excluding ortho intramolecular Hbond substituents is 1. The Balaban J connectivity index is 2.01. The molecule has 3 rings (SSSR count). The van der Waals surface area contributed by atoms with Crippen LogP contribution in [0, 0.1) is 0 Å². The van der Waals surface area contributed by atoms with Crippen molar-refractivity contribution in [2.24, 2.45) is 0 Å². The van der Waals surface area contributed by atoms with E-state index in [1.54, 1.807) is 17.2 Å². The van der Waals surface area contributed by atoms with Crippen LogP contribution in [0.2, 0.25) is 0 Å². The molecule has 88 valence electrons. The van der Waals surface area contributed by atoms with E-state index in [0.29, 0.717) is 0 Å². The number of phenols is 1. The first-order valence-corrected chi connectivity index (χ1v) is 6.24. The monoisotopic (exact) mass is 229 g/mol. The number of nitrogens with one attached hydrogen (secondary N) is 1. The third-order valence-corrected chi connectivity index (χ3v) is 3.59. The zero-order chi connectivity index (χ0) is 11.7. The molecule has 2 aromatic rings. The Kier molecular flexibility index (Phi) is 2.69. The summed E-state index contributed by atoms with van der Waals surface area (Å²) in [5.74, 6) is 0.278. The Labute approximate surface area is 101 Å². The molecule has 0 aliphatic carbocycles. The van der Waals surface area contributed by atoms with Crippen LogP contribution >= 0.6 is 0 Å². The summed E-state index contributed by atoms with van der Waals surface area (Å²) in [5.41, 5.74) is 2.02. The van der Waals surface area contributed by atoms with Crippen molar-refractivity contribution in [3.63, 3.8) is 0 Å². The minimum Gasteiger partial charge on any atom is -0.506 e. The Morgan fingerprint density at radius 3 is 2.82 bits per heavy atom.